The predicted octanol–water partition coefficient (Wildman–Crippen LogP) is 4.16. The minimum absolute atomic E-state index is 0.0730. The van der Waals surface area contributed by atoms with Gasteiger partial charge in [-0.05, 0) is 35.0 Å². The predicted molar refractivity (Wildman–Crippen MR) is 83.1 cm³/mol. The molecule has 0 amide bonds. The average Bonchev–Trinajstić information content (AvgIpc) is 2.85. The molecule has 5 nitrogen and oxygen atoms in total. The molecule has 1 aromatic heterocycles. The zero-order valence-corrected chi connectivity index (χ0v) is 14.4. The van der Waals surface area contributed by atoms with Crippen molar-refractivity contribution in [2.45, 2.75) is 10.7 Å². The lowest BCUT2D eigenvalue weighted by Crippen LogP contribution is -2.11. The summed E-state index contributed by atoms with van der Waals surface area (Å²) in [6.45, 7) is 1.88. The molecule has 9 heteroatoms. The number of nitrogens with zero attached hydrogens (tertiary/aromatic N) is 3. The Labute approximate surface area is 143 Å². The van der Waals surface area contributed by atoms with Crippen molar-refractivity contribution in [3.8, 4) is 22.9 Å². The van der Waals surface area contributed by atoms with Crippen LogP contribution in [-0.2, 0) is 3.79 Å². The zero-order valence-electron chi connectivity index (χ0n) is 10.5. The number of aromatic nitrogens is 3. The maximum absolute atomic E-state index is 5.84. The Hall–Kier alpha value is -0.820. The molecular weight excluding hydrogens is 404 g/mol. The molecule has 2 aromatic rings. The second-order valence-corrected chi connectivity index (χ2v) is 7.36. The molecule has 0 saturated heterocycles. The number of fused-ring (bicyclic) bond motifs is 1. The topological polar surface area (TPSA) is 57.1 Å². The van der Waals surface area contributed by atoms with Gasteiger partial charge >= 0.3 is 0 Å². The maximum Gasteiger partial charge on any atom is 0.250 e. The Kier molecular flexibility index (Phi) is 3.90. The second kappa shape index (κ2) is 5.43. The Balaban J connectivity index is 2.13. The van der Waals surface area contributed by atoms with Gasteiger partial charge in [0.1, 0.15) is 5.82 Å². The van der Waals surface area contributed by atoms with Crippen molar-refractivity contribution >= 4 is 50.7 Å². The highest BCUT2D eigenvalue weighted by Crippen LogP contribution is 2.42. The third-order valence-corrected chi connectivity index (χ3v) is 3.78. The van der Waals surface area contributed by atoms with Crippen LogP contribution >= 0.6 is 50.7 Å². The van der Waals surface area contributed by atoms with E-state index in [1.54, 1.807) is 13.0 Å². The number of halogens is 4. The van der Waals surface area contributed by atoms with Crippen molar-refractivity contribution < 1.29 is 9.47 Å². The molecule has 21 heavy (non-hydrogen) atoms. The SMILES string of the molecule is Cc1nc(-c2cc(Br)c3c(c2)OCO3)nc(C(Cl)(Cl)Cl)n1. The number of rotatable bonds is 1. The zero-order chi connectivity index (χ0) is 15.2. The molecule has 0 N–H and O–H groups in total. The van der Waals surface area contributed by atoms with E-state index in [1.807, 2.05) is 6.07 Å². The smallest absolute Gasteiger partial charge is 0.250 e. The highest BCUT2D eigenvalue weighted by molar-refractivity contribution is 9.10. The van der Waals surface area contributed by atoms with Gasteiger partial charge in [0.25, 0.3) is 0 Å². The molecule has 0 radical (unpaired) electrons. The fraction of sp³-hybridized carbons (Fsp3) is 0.250. The standard InChI is InChI=1S/C12H7BrCl3N3O2/c1-5-17-10(19-11(18-5)12(14,15)16)6-2-7(13)9-8(3-6)20-4-21-9/h2-3H,4H2,1H3. The van der Waals surface area contributed by atoms with Crippen LogP contribution in [0, 0.1) is 6.92 Å². The van der Waals surface area contributed by atoms with Gasteiger partial charge in [0.15, 0.2) is 23.1 Å². The van der Waals surface area contributed by atoms with Crippen LogP contribution in [0.5, 0.6) is 11.5 Å². The van der Waals surface area contributed by atoms with Crippen LogP contribution in [-0.4, -0.2) is 21.7 Å². The van der Waals surface area contributed by atoms with Crippen molar-refractivity contribution in [1.29, 1.82) is 0 Å². The van der Waals surface area contributed by atoms with Crippen LogP contribution in [0.15, 0.2) is 16.6 Å². The van der Waals surface area contributed by atoms with E-state index in [2.05, 4.69) is 30.9 Å². The van der Waals surface area contributed by atoms with Crippen molar-refractivity contribution in [3.05, 3.63) is 28.3 Å². The minimum Gasteiger partial charge on any atom is -0.454 e. The van der Waals surface area contributed by atoms with Gasteiger partial charge in [-0.2, -0.15) is 0 Å². The summed E-state index contributed by atoms with van der Waals surface area (Å²) in [7, 11) is 0. The van der Waals surface area contributed by atoms with E-state index in [4.69, 9.17) is 44.3 Å². The van der Waals surface area contributed by atoms with Crippen molar-refractivity contribution in [1.82, 2.24) is 15.0 Å². The monoisotopic (exact) mass is 409 g/mol. The lowest BCUT2D eigenvalue weighted by molar-refractivity contribution is 0.173. The Morgan fingerprint density at radius 3 is 2.62 bits per heavy atom. The minimum atomic E-state index is -1.71. The molecular formula is C12H7BrCl3N3O2. The first-order chi connectivity index (χ1) is 9.84. The van der Waals surface area contributed by atoms with E-state index in [0.29, 0.717) is 28.7 Å². The molecule has 0 bridgehead atoms. The van der Waals surface area contributed by atoms with Gasteiger partial charge in [-0.25, -0.2) is 15.0 Å². The van der Waals surface area contributed by atoms with Crippen molar-refractivity contribution in [2.24, 2.45) is 0 Å². The third-order valence-electron chi connectivity index (χ3n) is 2.69. The number of hydrogen-bond donors (Lipinski definition) is 0. The summed E-state index contributed by atoms with van der Waals surface area (Å²) in [5.41, 5.74) is 0.701. The Morgan fingerprint density at radius 2 is 1.90 bits per heavy atom. The second-order valence-electron chi connectivity index (χ2n) is 4.22. The first-order valence-corrected chi connectivity index (χ1v) is 7.66. The van der Waals surface area contributed by atoms with E-state index < -0.39 is 3.79 Å². The van der Waals surface area contributed by atoms with Crippen LogP contribution in [0.4, 0.5) is 0 Å². The number of benzene rings is 1. The first-order valence-electron chi connectivity index (χ1n) is 5.74. The summed E-state index contributed by atoms with van der Waals surface area (Å²) < 4.78 is 9.73. The molecule has 0 fully saturated rings. The number of ether oxygens (including phenoxy) is 2. The van der Waals surface area contributed by atoms with E-state index in [0.717, 1.165) is 4.47 Å². The van der Waals surface area contributed by atoms with E-state index in [-0.39, 0.29) is 12.6 Å². The lowest BCUT2D eigenvalue weighted by Gasteiger charge is -2.11. The fourth-order valence-corrected chi connectivity index (χ4v) is 2.64. The summed E-state index contributed by atoms with van der Waals surface area (Å²) in [5, 5.41) is 0. The Morgan fingerprint density at radius 1 is 1.14 bits per heavy atom. The molecule has 2 heterocycles. The molecule has 3 rings (SSSR count). The highest BCUT2D eigenvalue weighted by Gasteiger charge is 2.28. The average molecular weight is 411 g/mol. The summed E-state index contributed by atoms with van der Waals surface area (Å²) in [5.74, 6) is 2.17. The van der Waals surface area contributed by atoms with Gasteiger partial charge in [-0.3, -0.25) is 0 Å². The van der Waals surface area contributed by atoms with Gasteiger partial charge in [0, 0.05) is 5.56 Å². The normalized spacial score (nSPS) is 13.6. The van der Waals surface area contributed by atoms with Gasteiger partial charge in [0.05, 0.1) is 4.47 Å². The lowest BCUT2D eigenvalue weighted by atomic mass is 10.2. The molecule has 0 unspecified atom stereocenters. The molecule has 0 saturated carbocycles. The third kappa shape index (κ3) is 3.04. The summed E-state index contributed by atoms with van der Waals surface area (Å²) in [6.07, 6.45) is 0. The summed E-state index contributed by atoms with van der Waals surface area (Å²) in [4.78, 5) is 12.5. The van der Waals surface area contributed by atoms with Gasteiger partial charge in [-0.1, -0.05) is 34.8 Å². The van der Waals surface area contributed by atoms with Crippen molar-refractivity contribution in [2.75, 3.05) is 6.79 Å². The van der Waals surface area contributed by atoms with Crippen LogP contribution in [0.3, 0.4) is 0 Å². The molecule has 1 aromatic carbocycles. The molecule has 1 aliphatic rings. The number of aryl methyl sites for hydroxylation is 1. The van der Waals surface area contributed by atoms with E-state index in [1.165, 1.54) is 0 Å². The van der Waals surface area contributed by atoms with Crippen molar-refractivity contribution in [3.63, 3.8) is 0 Å². The highest BCUT2D eigenvalue weighted by atomic mass is 79.9. The fourth-order valence-electron chi connectivity index (χ4n) is 1.83. The van der Waals surface area contributed by atoms with E-state index in [9.17, 15) is 0 Å². The molecule has 0 spiro atoms. The first kappa shape index (κ1) is 15.1. The van der Waals surface area contributed by atoms with Crippen LogP contribution in [0.1, 0.15) is 11.6 Å². The quantitative estimate of drug-likeness (QED) is 0.660. The number of alkyl halides is 3. The number of hydrogen-bond acceptors (Lipinski definition) is 5. The van der Waals surface area contributed by atoms with E-state index >= 15 is 0 Å². The molecule has 110 valence electrons. The van der Waals surface area contributed by atoms with Crippen LogP contribution in [0.2, 0.25) is 0 Å². The molecule has 0 aliphatic carbocycles. The largest absolute Gasteiger partial charge is 0.454 e. The van der Waals surface area contributed by atoms with Gasteiger partial charge < -0.3 is 9.47 Å². The molecule has 0 atom stereocenters. The van der Waals surface area contributed by atoms with Crippen LogP contribution < -0.4 is 9.47 Å². The van der Waals surface area contributed by atoms with Gasteiger partial charge in [-0.15, -0.1) is 0 Å². The maximum atomic E-state index is 5.84. The Bertz CT molecular complexity index is 722. The summed E-state index contributed by atoms with van der Waals surface area (Å²) in [6, 6.07) is 3.58. The van der Waals surface area contributed by atoms with Gasteiger partial charge in [0.2, 0.25) is 10.6 Å². The molecule has 1 aliphatic heterocycles. The summed E-state index contributed by atoms with van der Waals surface area (Å²) >= 11 is 20.9. The van der Waals surface area contributed by atoms with Crippen LogP contribution in [0.25, 0.3) is 11.4 Å².